The molecule has 4 heteroatoms. The van der Waals surface area contributed by atoms with E-state index in [2.05, 4.69) is 24.0 Å². The van der Waals surface area contributed by atoms with Crippen molar-refractivity contribution in [2.75, 3.05) is 13.2 Å². The van der Waals surface area contributed by atoms with Gasteiger partial charge in [0, 0.05) is 18.3 Å². The zero-order valence-electron chi connectivity index (χ0n) is 20.3. The fourth-order valence-electron chi connectivity index (χ4n) is 4.34. The lowest BCUT2D eigenvalue weighted by atomic mass is 9.90. The number of para-hydroxylation sites is 1. The number of nitrogens with zero attached hydrogens (tertiary/aromatic N) is 1. The first kappa shape index (κ1) is 24.3. The first-order chi connectivity index (χ1) is 17.2. The fourth-order valence-corrected chi connectivity index (χ4v) is 4.34. The molecule has 0 amide bonds. The third-order valence-electron chi connectivity index (χ3n) is 6.21. The summed E-state index contributed by atoms with van der Waals surface area (Å²) in [6, 6.07) is 25.0. The highest BCUT2D eigenvalue weighted by Gasteiger charge is 2.14. The maximum Gasteiger partial charge on any atom is 0.123 e. The summed E-state index contributed by atoms with van der Waals surface area (Å²) in [5.41, 5.74) is 4.02. The van der Waals surface area contributed by atoms with E-state index in [0.717, 1.165) is 51.7 Å². The van der Waals surface area contributed by atoms with Crippen LogP contribution in [0, 0.1) is 0 Å². The number of phenols is 2. The van der Waals surface area contributed by atoms with Gasteiger partial charge in [-0.05, 0) is 70.6 Å². The van der Waals surface area contributed by atoms with Gasteiger partial charge in [-0.2, -0.15) is 0 Å². The Labute approximate surface area is 207 Å². The maximum atomic E-state index is 10.5. The Morgan fingerprint density at radius 2 is 1.66 bits per heavy atom. The lowest BCUT2D eigenvalue weighted by Gasteiger charge is -2.15. The van der Waals surface area contributed by atoms with Gasteiger partial charge < -0.3 is 14.9 Å². The van der Waals surface area contributed by atoms with Crippen molar-refractivity contribution < 1.29 is 14.9 Å². The number of hydrogen-bond acceptors (Lipinski definition) is 4. The van der Waals surface area contributed by atoms with E-state index < -0.39 is 0 Å². The molecule has 0 atom stereocenters. The Kier molecular flexibility index (Phi) is 8.39. The summed E-state index contributed by atoms with van der Waals surface area (Å²) >= 11 is 0. The number of benzene rings is 4. The number of hydrogen-bond donors (Lipinski definition) is 2. The molecule has 0 radical (unpaired) electrons. The molecule has 4 nitrogen and oxygen atoms in total. The molecule has 35 heavy (non-hydrogen) atoms. The third-order valence-corrected chi connectivity index (χ3v) is 6.21. The van der Waals surface area contributed by atoms with Gasteiger partial charge in [0.2, 0.25) is 0 Å². The lowest BCUT2D eigenvalue weighted by molar-refractivity contribution is 0.380. The van der Waals surface area contributed by atoms with Crippen LogP contribution in [0.5, 0.6) is 17.2 Å². The van der Waals surface area contributed by atoms with Gasteiger partial charge in [-0.1, -0.05) is 74.7 Å². The normalized spacial score (nSPS) is 11.3. The second-order valence-corrected chi connectivity index (χ2v) is 8.80. The number of aliphatic imine (C=N–C) groups is 1. The minimum absolute atomic E-state index is 0.241. The molecule has 0 spiro atoms. The highest BCUT2D eigenvalue weighted by molar-refractivity contribution is 5.93. The van der Waals surface area contributed by atoms with Crippen molar-refractivity contribution >= 4 is 17.0 Å². The highest BCUT2D eigenvalue weighted by Crippen LogP contribution is 2.37. The van der Waals surface area contributed by atoms with Gasteiger partial charge in [-0.15, -0.1) is 0 Å². The molecule has 0 aliphatic carbocycles. The maximum absolute atomic E-state index is 10.5. The minimum Gasteiger partial charge on any atom is -0.508 e. The standard InChI is InChI=1S/C31H33NO3/c1-2-3-4-7-18-32-19-20-35-26-14-10-23(11-15-26)21-30-27-17-13-25(33)22-24(27)12-16-28(30)29-8-5-6-9-31(29)34/h5-6,8-17,19,22,33-34H,2-4,7,18,20-21H2,1H3. The van der Waals surface area contributed by atoms with Crippen molar-refractivity contribution in [3.63, 3.8) is 0 Å². The van der Waals surface area contributed by atoms with Crippen LogP contribution in [0.15, 0.2) is 83.9 Å². The van der Waals surface area contributed by atoms with Crippen molar-refractivity contribution in [1.82, 2.24) is 0 Å². The van der Waals surface area contributed by atoms with Crippen molar-refractivity contribution in [2.45, 2.75) is 39.0 Å². The Morgan fingerprint density at radius 1 is 0.829 bits per heavy atom. The summed E-state index contributed by atoms with van der Waals surface area (Å²) in [4.78, 5) is 4.42. The molecule has 4 rings (SSSR count). The smallest absolute Gasteiger partial charge is 0.123 e. The molecular weight excluding hydrogens is 434 g/mol. The monoisotopic (exact) mass is 467 g/mol. The molecular formula is C31H33NO3. The lowest BCUT2D eigenvalue weighted by Crippen LogP contribution is -1.99. The van der Waals surface area contributed by atoms with Gasteiger partial charge in [-0.3, -0.25) is 4.99 Å². The van der Waals surface area contributed by atoms with Gasteiger partial charge >= 0.3 is 0 Å². The first-order valence-corrected chi connectivity index (χ1v) is 12.4. The average Bonchev–Trinajstić information content (AvgIpc) is 2.87. The molecule has 2 N–H and O–H groups in total. The molecule has 0 bridgehead atoms. The first-order valence-electron chi connectivity index (χ1n) is 12.4. The van der Waals surface area contributed by atoms with Crippen LogP contribution >= 0.6 is 0 Å². The molecule has 0 aliphatic heterocycles. The summed E-state index contributed by atoms with van der Waals surface area (Å²) in [6.45, 7) is 3.55. The third kappa shape index (κ3) is 6.42. The quantitative estimate of drug-likeness (QED) is 0.177. The molecule has 0 aliphatic rings. The zero-order valence-corrected chi connectivity index (χ0v) is 20.3. The van der Waals surface area contributed by atoms with E-state index in [0.29, 0.717) is 13.0 Å². The number of unbranched alkanes of at least 4 members (excludes halogenated alkanes) is 3. The fraction of sp³-hybridized carbons (Fsp3) is 0.258. The Bertz CT molecular complexity index is 1280. The van der Waals surface area contributed by atoms with Crippen LogP contribution in [-0.4, -0.2) is 29.6 Å². The number of aromatic hydroxyl groups is 2. The Morgan fingerprint density at radius 3 is 2.46 bits per heavy atom. The summed E-state index contributed by atoms with van der Waals surface area (Å²) in [7, 11) is 0. The minimum atomic E-state index is 0.241. The number of rotatable bonds is 11. The van der Waals surface area contributed by atoms with Gasteiger partial charge in [0.25, 0.3) is 0 Å². The molecule has 0 saturated carbocycles. The van der Waals surface area contributed by atoms with Crippen LogP contribution in [-0.2, 0) is 6.42 Å². The van der Waals surface area contributed by atoms with E-state index in [4.69, 9.17) is 4.74 Å². The number of phenolic OH excluding ortho intramolecular Hbond substituents is 2. The Hall–Kier alpha value is -3.79. The van der Waals surface area contributed by atoms with Crippen LogP contribution in [0.4, 0.5) is 0 Å². The van der Waals surface area contributed by atoms with Crippen LogP contribution in [0.3, 0.4) is 0 Å². The highest BCUT2D eigenvalue weighted by atomic mass is 16.5. The predicted molar refractivity (Wildman–Crippen MR) is 145 cm³/mol. The largest absolute Gasteiger partial charge is 0.508 e. The second kappa shape index (κ2) is 12.1. The SMILES string of the molecule is CCCCCCN=CCOc1ccc(Cc2c(-c3ccccc3O)ccc3cc(O)ccc23)cc1. The van der Waals surface area contributed by atoms with Crippen molar-refractivity contribution in [1.29, 1.82) is 0 Å². The summed E-state index contributed by atoms with van der Waals surface area (Å²) < 4.78 is 5.82. The van der Waals surface area contributed by atoms with Gasteiger partial charge in [0.1, 0.15) is 23.9 Å². The molecule has 0 fully saturated rings. The van der Waals surface area contributed by atoms with Gasteiger partial charge in [-0.25, -0.2) is 0 Å². The van der Waals surface area contributed by atoms with Crippen molar-refractivity contribution in [2.24, 2.45) is 4.99 Å². The summed E-state index contributed by atoms with van der Waals surface area (Å²) in [6.07, 6.45) is 7.42. The van der Waals surface area contributed by atoms with Crippen molar-refractivity contribution in [3.8, 4) is 28.4 Å². The van der Waals surface area contributed by atoms with Crippen LogP contribution in [0.1, 0.15) is 43.7 Å². The summed E-state index contributed by atoms with van der Waals surface area (Å²) in [5.74, 6) is 1.31. The molecule has 0 unspecified atom stereocenters. The van der Waals surface area contributed by atoms with E-state index in [1.54, 1.807) is 18.2 Å². The van der Waals surface area contributed by atoms with Crippen LogP contribution < -0.4 is 4.74 Å². The average molecular weight is 468 g/mol. The van der Waals surface area contributed by atoms with E-state index in [-0.39, 0.29) is 11.5 Å². The van der Waals surface area contributed by atoms with E-state index >= 15 is 0 Å². The van der Waals surface area contributed by atoms with Gasteiger partial charge in [0.15, 0.2) is 0 Å². The van der Waals surface area contributed by atoms with Crippen LogP contribution in [0.25, 0.3) is 21.9 Å². The van der Waals surface area contributed by atoms with E-state index in [1.807, 2.05) is 54.7 Å². The number of ether oxygens (including phenoxy) is 1. The molecule has 4 aromatic carbocycles. The Balaban J connectivity index is 1.50. The van der Waals surface area contributed by atoms with Crippen molar-refractivity contribution in [3.05, 3.63) is 90.0 Å². The van der Waals surface area contributed by atoms with E-state index in [1.165, 1.54) is 19.3 Å². The summed E-state index contributed by atoms with van der Waals surface area (Å²) in [5, 5.41) is 22.5. The molecule has 4 aromatic rings. The molecule has 0 aromatic heterocycles. The van der Waals surface area contributed by atoms with Crippen LogP contribution in [0.2, 0.25) is 0 Å². The number of fused-ring (bicyclic) bond motifs is 1. The molecule has 0 heterocycles. The molecule has 180 valence electrons. The van der Waals surface area contributed by atoms with E-state index in [9.17, 15) is 10.2 Å². The predicted octanol–water partition coefficient (Wildman–Crippen LogP) is 7.54. The second-order valence-electron chi connectivity index (χ2n) is 8.80. The zero-order chi connectivity index (χ0) is 24.5. The van der Waals surface area contributed by atoms with Gasteiger partial charge in [0.05, 0.1) is 0 Å². The molecule has 0 saturated heterocycles. The topological polar surface area (TPSA) is 62.0 Å².